The first-order chi connectivity index (χ1) is 13.8. The summed E-state index contributed by atoms with van der Waals surface area (Å²) in [5, 5.41) is 7.75. The molecule has 3 rings (SSSR count). The number of sulfone groups is 1. The molecular formula is C17H11F6N3O2S2. The third-order valence-corrected chi connectivity index (χ3v) is 6.75. The number of hydrogen-bond donors (Lipinski definition) is 0. The summed E-state index contributed by atoms with van der Waals surface area (Å²) in [7, 11) is -4.04. The summed E-state index contributed by atoms with van der Waals surface area (Å²) in [6.45, 7) is 1.29. The van der Waals surface area contributed by atoms with Gasteiger partial charge in [-0.3, -0.25) is 4.98 Å². The normalized spacial score (nSPS) is 12.9. The highest BCUT2D eigenvalue weighted by atomic mass is 32.2. The fourth-order valence-corrected chi connectivity index (χ4v) is 4.48. The van der Waals surface area contributed by atoms with Crippen LogP contribution in [0.25, 0.3) is 21.1 Å². The summed E-state index contributed by atoms with van der Waals surface area (Å²) >= 11 is 0.817. The maximum atomic E-state index is 13.0. The summed E-state index contributed by atoms with van der Waals surface area (Å²) in [5.41, 5.74) is -2.11. The van der Waals surface area contributed by atoms with Gasteiger partial charge in [-0.25, -0.2) is 8.42 Å². The van der Waals surface area contributed by atoms with E-state index in [1.165, 1.54) is 6.92 Å². The molecule has 1 aromatic carbocycles. The summed E-state index contributed by atoms with van der Waals surface area (Å²) < 4.78 is 102. The zero-order chi connectivity index (χ0) is 22.3. The van der Waals surface area contributed by atoms with Crippen LogP contribution in [0.4, 0.5) is 26.3 Å². The predicted molar refractivity (Wildman–Crippen MR) is 96.3 cm³/mol. The van der Waals surface area contributed by atoms with Crippen LogP contribution in [-0.4, -0.2) is 29.4 Å². The van der Waals surface area contributed by atoms with E-state index >= 15 is 0 Å². The van der Waals surface area contributed by atoms with Crippen LogP contribution in [0.5, 0.6) is 0 Å². The molecule has 0 spiro atoms. The highest BCUT2D eigenvalue weighted by molar-refractivity contribution is 7.91. The minimum atomic E-state index is -4.74. The highest BCUT2D eigenvalue weighted by Gasteiger charge is 2.34. The van der Waals surface area contributed by atoms with E-state index in [2.05, 4.69) is 15.2 Å². The lowest BCUT2D eigenvalue weighted by atomic mass is 10.1. The zero-order valence-electron chi connectivity index (χ0n) is 14.9. The molecule has 0 unspecified atom stereocenters. The van der Waals surface area contributed by atoms with Gasteiger partial charge in [0.2, 0.25) is 0 Å². The van der Waals surface area contributed by atoms with Crippen LogP contribution < -0.4 is 0 Å². The van der Waals surface area contributed by atoms with Gasteiger partial charge in [0.25, 0.3) is 0 Å². The second-order valence-electron chi connectivity index (χ2n) is 5.95. The summed E-state index contributed by atoms with van der Waals surface area (Å²) in [6, 6.07) is 4.12. The van der Waals surface area contributed by atoms with E-state index in [0.717, 1.165) is 41.8 Å². The van der Waals surface area contributed by atoms with Gasteiger partial charge in [-0.05, 0) is 30.3 Å². The standard InChI is InChI=1S/C17H11F6N3O2S2/c1-2-30(27,28)12-7-10(16(18,19)20)4-5-11(12)15-26-25-14(29-15)9-3-6-13(24-8-9)17(21,22)23/h3-8H,2H2,1H3. The van der Waals surface area contributed by atoms with Crippen molar-refractivity contribution >= 4 is 21.2 Å². The Morgan fingerprint density at radius 3 is 2.13 bits per heavy atom. The highest BCUT2D eigenvalue weighted by Crippen LogP contribution is 2.38. The number of rotatable bonds is 4. The largest absolute Gasteiger partial charge is 0.433 e. The van der Waals surface area contributed by atoms with E-state index in [0.29, 0.717) is 6.07 Å². The Morgan fingerprint density at radius 2 is 1.60 bits per heavy atom. The van der Waals surface area contributed by atoms with Crippen LogP contribution >= 0.6 is 11.3 Å². The van der Waals surface area contributed by atoms with Crippen molar-refractivity contribution in [2.24, 2.45) is 0 Å². The van der Waals surface area contributed by atoms with Gasteiger partial charge < -0.3 is 0 Å². The van der Waals surface area contributed by atoms with Crippen LogP contribution in [0.3, 0.4) is 0 Å². The number of alkyl halides is 6. The molecule has 0 amide bonds. The molecule has 0 radical (unpaired) electrons. The molecule has 0 aliphatic rings. The van der Waals surface area contributed by atoms with Crippen LogP contribution in [0.1, 0.15) is 18.2 Å². The van der Waals surface area contributed by atoms with Crippen molar-refractivity contribution in [1.82, 2.24) is 15.2 Å². The first-order valence-electron chi connectivity index (χ1n) is 8.14. The van der Waals surface area contributed by atoms with Gasteiger partial charge in [-0.1, -0.05) is 18.3 Å². The summed E-state index contributed by atoms with van der Waals surface area (Å²) in [5.74, 6) is -0.435. The Balaban J connectivity index is 2.06. The van der Waals surface area contributed by atoms with E-state index in [1.54, 1.807) is 0 Å². The summed E-state index contributed by atoms with van der Waals surface area (Å²) in [4.78, 5) is 2.76. The van der Waals surface area contributed by atoms with Crippen molar-refractivity contribution in [1.29, 1.82) is 0 Å². The number of benzene rings is 1. The maximum Gasteiger partial charge on any atom is 0.433 e. The molecule has 2 aromatic heterocycles. The molecule has 0 saturated heterocycles. The molecule has 0 saturated carbocycles. The van der Waals surface area contributed by atoms with Crippen LogP contribution in [0.2, 0.25) is 0 Å². The summed E-state index contributed by atoms with van der Waals surface area (Å²) in [6.07, 6.45) is -8.42. The second-order valence-corrected chi connectivity index (χ2v) is 9.18. The SMILES string of the molecule is CCS(=O)(=O)c1cc(C(F)(F)F)ccc1-c1nnc(-c2ccc(C(F)(F)F)nc2)s1. The monoisotopic (exact) mass is 467 g/mol. The third-order valence-electron chi connectivity index (χ3n) is 3.98. The van der Waals surface area contributed by atoms with Gasteiger partial charge >= 0.3 is 12.4 Å². The molecule has 160 valence electrons. The van der Waals surface area contributed by atoms with Gasteiger partial charge in [0.15, 0.2) is 9.84 Å². The van der Waals surface area contributed by atoms with Crippen molar-refractivity contribution < 1.29 is 34.8 Å². The van der Waals surface area contributed by atoms with Crippen molar-refractivity contribution in [2.75, 3.05) is 5.75 Å². The molecule has 2 heterocycles. The molecule has 0 N–H and O–H groups in total. The molecule has 0 aliphatic carbocycles. The Labute approximate surface area is 170 Å². The number of aromatic nitrogens is 3. The molecule has 0 fully saturated rings. The fraction of sp³-hybridized carbons (Fsp3) is 0.235. The molecule has 13 heteroatoms. The van der Waals surface area contributed by atoms with Crippen LogP contribution in [-0.2, 0) is 22.2 Å². The van der Waals surface area contributed by atoms with Crippen LogP contribution in [0.15, 0.2) is 41.4 Å². The van der Waals surface area contributed by atoms with E-state index in [1.807, 2.05) is 0 Å². The molecule has 5 nitrogen and oxygen atoms in total. The molecule has 0 atom stereocenters. The van der Waals surface area contributed by atoms with Crippen molar-refractivity contribution in [3.05, 3.63) is 47.8 Å². The van der Waals surface area contributed by atoms with E-state index in [4.69, 9.17) is 0 Å². The van der Waals surface area contributed by atoms with Gasteiger partial charge in [0, 0.05) is 17.3 Å². The molecule has 30 heavy (non-hydrogen) atoms. The molecular weight excluding hydrogens is 456 g/mol. The second kappa shape index (κ2) is 7.61. The van der Waals surface area contributed by atoms with Crippen LogP contribution in [0, 0.1) is 0 Å². The average Bonchev–Trinajstić information content (AvgIpc) is 3.16. The number of hydrogen-bond acceptors (Lipinski definition) is 6. The van der Waals surface area contributed by atoms with Crippen molar-refractivity contribution in [2.45, 2.75) is 24.2 Å². The van der Waals surface area contributed by atoms with E-state index < -0.39 is 44.1 Å². The Kier molecular flexibility index (Phi) is 5.62. The van der Waals surface area contributed by atoms with Gasteiger partial charge in [-0.2, -0.15) is 26.3 Å². The third kappa shape index (κ3) is 4.46. The smallest absolute Gasteiger partial charge is 0.251 e. The lowest BCUT2D eigenvalue weighted by Gasteiger charge is -2.12. The average molecular weight is 467 g/mol. The first-order valence-corrected chi connectivity index (χ1v) is 10.6. The minimum absolute atomic E-state index is 0.00523. The van der Waals surface area contributed by atoms with Crippen molar-refractivity contribution in [3.8, 4) is 21.1 Å². The van der Waals surface area contributed by atoms with Gasteiger partial charge in [-0.15, -0.1) is 10.2 Å². The molecule has 0 aliphatic heterocycles. The lowest BCUT2D eigenvalue weighted by Crippen LogP contribution is -2.10. The van der Waals surface area contributed by atoms with Gasteiger partial charge in [0.1, 0.15) is 15.7 Å². The molecule has 0 bridgehead atoms. The maximum absolute atomic E-state index is 13.0. The first kappa shape index (κ1) is 22.2. The number of nitrogens with zero attached hydrogens (tertiary/aromatic N) is 3. The number of pyridine rings is 1. The van der Waals surface area contributed by atoms with Gasteiger partial charge in [0.05, 0.1) is 16.2 Å². The minimum Gasteiger partial charge on any atom is -0.251 e. The predicted octanol–water partition coefficient (Wildman–Crippen LogP) is 5.10. The quantitative estimate of drug-likeness (QED) is 0.500. The topological polar surface area (TPSA) is 72.8 Å². The Morgan fingerprint density at radius 1 is 0.933 bits per heavy atom. The van der Waals surface area contributed by atoms with Crippen molar-refractivity contribution in [3.63, 3.8) is 0 Å². The Bertz CT molecular complexity index is 1170. The zero-order valence-corrected chi connectivity index (χ0v) is 16.5. The van der Waals surface area contributed by atoms with E-state index in [9.17, 15) is 34.8 Å². The van der Waals surface area contributed by atoms with E-state index in [-0.39, 0.29) is 21.1 Å². The Hall–Kier alpha value is -2.54. The lowest BCUT2D eigenvalue weighted by molar-refractivity contribution is -0.141. The number of halogens is 6. The fourth-order valence-electron chi connectivity index (χ4n) is 2.42. The molecule has 3 aromatic rings.